The molecule has 0 fully saturated rings. The van der Waals surface area contributed by atoms with Crippen LogP contribution in [0, 0.1) is 10.1 Å². The van der Waals surface area contributed by atoms with Crippen molar-refractivity contribution in [2.75, 3.05) is 20.2 Å². The summed E-state index contributed by atoms with van der Waals surface area (Å²) in [5, 5.41) is 8.85. The average Bonchev–Trinajstić information content (AvgIpc) is 2.03. The van der Waals surface area contributed by atoms with Crippen molar-refractivity contribution in [3.05, 3.63) is 10.1 Å². The average molecular weight is 176 g/mol. The molecule has 0 aromatic rings. The van der Waals surface area contributed by atoms with Crippen LogP contribution >= 0.6 is 0 Å². The Morgan fingerprint density at radius 2 is 2.25 bits per heavy atom. The predicted octanol–water partition coefficient (Wildman–Crippen LogP) is 0.0631. The van der Waals surface area contributed by atoms with Crippen LogP contribution in [-0.2, 0) is 9.63 Å². The van der Waals surface area contributed by atoms with Gasteiger partial charge in [-0.1, -0.05) is 0 Å². The molecule has 0 saturated heterocycles. The fraction of sp³-hybridized carbons (Fsp3) is 0.833. The molecule has 0 aliphatic carbocycles. The number of hydrogen-bond acceptors (Lipinski definition) is 4. The van der Waals surface area contributed by atoms with Crippen molar-refractivity contribution in [2.45, 2.75) is 12.8 Å². The van der Waals surface area contributed by atoms with E-state index >= 15 is 0 Å². The molecule has 0 aliphatic heterocycles. The maximum Gasteiger partial charge on any atom is 0.294 e. The van der Waals surface area contributed by atoms with Gasteiger partial charge in [-0.2, -0.15) is 0 Å². The first-order valence-electron chi connectivity index (χ1n) is 3.59. The molecule has 0 atom stereocenters. The van der Waals surface area contributed by atoms with Crippen molar-refractivity contribution in [3.8, 4) is 0 Å². The lowest BCUT2D eigenvalue weighted by molar-refractivity contribution is -0.757. The van der Waals surface area contributed by atoms with E-state index in [4.69, 9.17) is 0 Å². The van der Waals surface area contributed by atoms with Gasteiger partial charge < -0.3 is 9.74 Å². The topological polar surface area (TPSA) is 72.7 Å². The molecule has 0 heterocycles. The normalized spacial score (nSPS) is 9.08. The summed E-state index contributed by atoms with van der Waals surface area (Å²) in [6.45, 7) is 0.699. The lowest BCUT2D eigenvalue weighted by Crippen LogP contribution is -2.17. The SMILES string of the molecule is CN(C=O)CCCCO[N+](=O)[O-]. The Kier molecular flexibility index (Phi) is 5.68. The molecule has 0 spiro atoms. The van der Waals surface area contributed by atoms with Gasteiger partial charge in [0.1, 0.15) is 0 Å². The summed E-state index contributed by atoms with van der Waals surface area (Å²) in [5.74, 6) is 0. The zero-order chi connectivity index (χ0) is 9.40. The van der Waals surface area contributed by atoms with E-state index in [2.05, 4.69) is 4.84 Å². The zero-order valence-corrected chi connectivity index (χ0v) is 6.93. The maximum absolute atomic E-state index is 10.1. The summed E-state index contributed by atoms with van der Waals surface area (Å²) in [5.41, 5.74) is 0. The Bertz CT molecular complexity index is 150. The first kappa shape index (κ1) is 10.7. The zero-order valence-electron chi connectivity index (χ0n) is 6.93. The highest BCUT2D eigenvalue weighted by Crippen LogP contribution is 1.91. The monoisotopic (exact) mass is 176 g/mol. The lowest BCUT2D eigenvalue weighted by atomic mass is 10.3. The second kappa shape index (κ2) is 6.38. The van der Waals surface area contributed by atoms with Crippen LogP contribution in [-0.4, -0.2) is 36.6 Å². The third-order valence-electron chi connectivity index (χ3n) is 1.28. The first-order valence-corrected chi connectivity index (χ1v) is 3.59. The van der Waals surface area contributed by atoms with Crippen LogP contribution in [0.3, 0.4) is 0 Å². The van der Waals surface area contributed by atoms with E-state index in [0.29, 0.717) is 25.8 Å². The van der Waals surface area contributed by atoms with Crippen molar-refractivity contribution in [2.24, 2.45) is 0 Å². The van der Waals surface area contributed by atoms with E-state index in [1.165, 1.54) is 4.90 Å². The van der Waals surface area contributed by atoms with Crippen LogP contribution in [0.1, 0.15) is 12.8 Å². The van der Waals surface area contributed by atoms with Crippen molar-refractivity contribution in [1.29, 1.82) is 0 Å². The molecule has 0 aromatic carbocycles. The smallest absolute Gasteiger partial charge is 0.294 e. The van der Waals surface area contributed by atoms with Gasteiger partial charge in [-0.25, -0.2) is 0 Å². The predicted molar refractivity (Wildman–Crippen MR) is 40.9 cm³/mol. The fourth-order valence-corrected chi connectivity index (χ4v) is 0.655. The van der Waals surface area contributed by atoms with Crippen molar-refractivity contribution < 1.29 is 14.7 Å². The number of unbranched alkanes of at least 4 members (excludes halogenated alkanes) is 1. The molecule has 70 valence electrons. The molecule has 0 N–H and O–H groups in total. The van der Waals surface area contributed by atoms with Crippen LogP contribution in [0.4, 0.5) is 0 Å². The summed E-state index contributed by atoms with van der Waals surface area (Å²) in [4.78, 5) is 25.3. The van der Waals surface area contributed by atoms with Gasteiger partial charge in [0.15, 0.2) is 0 Å². The number of nitrogens with zero attached hydrogens (tertiary/aromatic N) is 2. The Hall–Kier alpha value is -1.33. The highest BCUT2D eigenvalue weighted by molar-refractivity contribution is 5.46. The minimum absolute atomic E-state index is 0.0969. The second-order valence-electron chi connectivity index (χ2n) is 2.35. The molecule has 0 bridgehead atoms. The molecule has 12 heavy (non-hydrogen) atoms. The van der Waals surface area contributed by atoms with Gasteiger partial charge in [-0.3, -0.25) is 4.79 Å². The lowest BCUT2D eigenvalue weighted by Gasteiger charge is -2.08. The van der Waals surface area contributed by atoms with Crippen LogP contribution in [0.2, 0.25) is 0 Å². The Balaban J connectivity index is 3.10. The largest absolute Gasteiger partial charge is 0.348 e. The molecular weight excluding hydrogens is 164 g/mol. The van der Waals surface area contributed by atoms with E-state index in [9.17, 15) is 14.9 Å². The number of carbonyl (C=O) groups excluding carboxylic acids is 1. The number of hydrogen-bond donors (Lipinski definition) is 0. The van der Waals surface area contributed by atoms with E-state index in [1.54, 1.807) is 7.05 Å². The van der Waals surface area contributed by atoms with Crippen LogP contribution in [0.15, 0.2) is 0 Å². The highest BCUT2D eigenvalue weighted by atomic mass is 16.9. The third-order valence-corrected chi connectivity index (χ3v) is 1.28. The quantitative estimate of drug-likeness (QED) is 0.238. The van der Waals surface area contributed by atoms with E-state index in [1.807, 2.05) is 0 Å². The summed E-state index contributed by atoms with van der Waals surface area (Å²) in [7, 11) is 1.65. The van der Waals surface area contributed by atoms with Crippen LogP contribution < -0.4 is 0 Å². The molecule has 6 heteroatoms. The minimum atomic E-state index is -0.816. The Morgan fingerprint density at radius 3 is 2.75 bits per heavy atom. The van der Waals surface area contributed by atoms with Crippen molar-refractivity contribution in [1.82, 2.24) is 4.90 Å². The molecule has 0 radical (unpaired) electrons. The summed E-state index contributed by atoms with van der Waals surface area (Å²) < 4.78 is 0. The summed E-state index contributed by atoms with van der Waals surface area (Å²) >= 11 is 0. The van der Waals surface area contributed by atoms with E-state index < -0.39 is 5.09 Å². The van der Waals surface area contributed by atoms with Gasteiger partial charge in [0, 0.05) is 13.6 Å². The molecule has 6 nitrogen and oxygen atoms in total. The molecule has 0 aromatic heterocycles. The number of carbonyl (C=O) groups is 1. The third kappa shape index (κ3) is 6.79. The van der Waals surface area contributed by atoms with E-state index in [0.717, 1.165) is 0 Å². The number of rotatable bonds is 7. The molecule has 0 unspecified atom stereocenters. The first-order chi connectivity index (χ1) is 5.66. The van der Waals surface area contributed by atoms with Gasteiger partial charge in [0.25, 0.3) is 5.09 Å². The molecule has 0 rings (SSSR count). The fourth-order valence-electron chi connectivity index (χ4n) is 0.655. The van der Waals surface area contributed by atoms with Crippen molar-refractivity contribution in [3.63, 3.8) is 0 Å². The van der Waals surface area contributed by atoms with Gasteiger partial charge in [-0.15, -0.1) is 10.1 Å². The number of amides is 1. The van der Waals surface area contributed by atoms with Gasteiger partial charge in [-0.05, 0) is 12.8 Å². The van der Waals surface area contributed by atoms with Gasteiger partial charge in [0.05, 0.1) is 6.61 Å². The molecule has 1 amide bonds. The second-order valence-corrected chi connectivity index (χ2v) is 2.35. The Morgan fingerprint density at radius 1 is 1.58 bits per heavy atom. The van der Waals surface area contributed by atoms with Gasteiger partial charge in [0.2, 0.25) is 6.41 Å². The maximum atomic E-state index is 10.1. The van der Waals surface area contributed by atoms with Gasteiger partial charge >= 0.3 is 0 Å². The van der Waals surface area contributed by atoms with E-state index in [-0.39, 0.29) is 6.61 Å². The minimum Gasteiger partial charge on any atom is -0.348 e. The van der Waals surface area contributed by atoms with Crippen LogP contribution in [0.5, 0.6) is 0 Å². The standard InChI is InChI=1S/C6H12N2O4/c1-7(6-9)4-2-3-5-12-8(10)11/h6H,2-5H2,1H3. The molecule has 0 aliphatic rings. The van der Waals surface area contributed by atoms with Crippen molar-refractivity contribution >= 4 is 6.41 Å². The summed E-state index contributed by atoms with van der Waals surface area (Å²) in [6.07, 6.45) is 2.01. The molecule has 0 saturated carbocycles. The highest BCUT2D eigenvalue weighted by Gasteiger charge is 1.96. The Labute approximate surface area is 70.2 Å². The van der Waals surface area contributed by atoms with Crippen LogP contribution in [0.25, 0.3) is 0 Å². The molecular formula is C6H12N2O4. The summed E-state index contributed by atoms with van der Waals surface area (Å²) in [6, 6.07) is 0.